The maximum Gasteiger partial charge on any atom is 0.417 e. The van der Waals surface area contributed by atoms with Gasteiger partial charge in [0.15, 0.2) is 0 Å². The first-order chi connectivity index (χ1) is 28.2. The predicted molar refractivity (Wildman–Crippen MR) is 231 cm³/mol. The summed E-state index contributed by atoms with van der Waals surface area (Å²) in [6.07, 6.45) is -4.90. The number of alkyl halides is 3. The topological polar surface area (TPSA) is 9.86 Å². The lowest BCUT2D eigenvalue weighted by atomic mass is 9.96. The molecule has 9 heteroatoms. The van der Waals surface area contributed by atoms with Crippen LogP contribution in [0.15, 0.2) is 152 Å². The molecule has 0 saturated heterocycles. The molecule has 12 aromatic rings. The minimum atomic E-state index is -4.90. The van der Waals surface area contributed by atoms with E-state index in [1.165, 1.54) is 12.1 Å². The van der Waals surface area contributed by atoms with E-state index >= 15 is 13.2 Å². The standard InChI is InChI=1S/C49H25F5N2S2/c50-27-21-26(22-28(51)23-27)35-24-39(55-37-13-5-1-9-29(37)31-17-19-43-45(47(31)55)33-11-3-7-15-41(33)57-43)40(25-36(35)49(52,53)54)56-38-14-6-2-10-30(38)32-18-20-44-46(48(32)56)34-12-4-8-16-42(34)58-44/h1-25H. The molecule has 2 nitrogen and oxygen atoms in total. The molecule has 0 fully saturated rings. The van der Waals surface area contributed by atoms with Crippen molar-refractivity contribution < 1.29 is 22.0 Å². The zero-order chi connectivity index (χ0) is 39.0. The van der Waals surface area contributed by atoms with Crippen molar-refractivity contribution in [2.75, 3.05) is 0 Å². The Morgan fingerprint density at radius 3 is 1.36 bits per heavy atom. The number of nitrogens with zero attached hydrogens (tertiary/aromatic N) is 2. The Morgan fingerprint density at radius 2 is 0.862 bits per heavy atom. The Balaban J connectivity index is 1.36. The second-order valence-electron chi connectivity index (χ2n) is 14.6. The second-order valence-corrected chi connectivity index (χ2v) is 16.8. The number of hydrogen-bond donors (Lipinski definition) is 0. The first-order valence-electron chi connectivity index (χ1n) is 18.6. The monoisotopic (exact) mass is 800 g/mol. The fourth-order valence-corrected chi connectivity index (χ4v) is 11.4. The molecule has 278 valence electrons. The van der Waals surface area contributed by atoms with Crippen LogP contribution in [0.3, 0.4) is 0 Å². The largest absolute Gasteiger partial charge is 0.417 e. The molecule has 0 unspecified atom stereocenters. The highest BCUT2D eigenvalue weighted by Gasteiger charge is 2.36. The summed E-state index contributed by atoms with van der Waals surface area (Å²) in [4.78, 5) is 0. The van der Waals surface area contributed by atoms with Crippen LogP contribution >= 0.6 is 22.7 Å². The normalized spacial score (nSPS) is 12.6. The Hall–Kier alpha value is -6.55. The van der Waals surface area contributed by atoms with Crippen LogP contribution in [0, 0.1) is 11.6 Å². The molecule has 0 saturated carbocycles. The van der Waals surface area contributed by atoms with Crippen LogP contribution in [0.2, 0.25) is 0 Å². The molecule has 0 N–H and O–H groups in total. The number of aromatic nitrogens is 2. The average Bonchev–Trinajstić information content (AvgIpc) is 3.97. The van der Waals surface area contributed by atoms with Crippen molar-refractivity contribution in [3.05, 3.63) is 169 Å². The van der Waals surface area contributed by atoms with Gasteiger partial charge >= 0.3 is 6.18 Å². The van der Waals surface area contributed by atoms with Crippen molar-refractivity contribution in [1.29, 1.82) is 0 Å². The number of benzene rings is 8. The van der Waals surface area contributed by atoms with Gasteiger partial charge in [-0.1, -0.05) is 84.9 Å². The van der Waals surface area contributed by atoms with E-state index in [2.05, 4.69) is 53.1 Å². The molecule has 0 radical (unpaired) electrons. The molecule has 8 aromatic carbocycles. The lowest BCUT2D eigenvalue weighted by molar-refractivity contribution is -0.137. The van der Waals surface area contributed by atoms with Crippen molar-refractivity contribution in [1.82, 2.24) is 9.13 Å². The van der Waals surface area contributed by atoms with Crippen LogP contribution in [-0.4, -0.2) is 9.13 Å². The predicted octanol–water partition coefficient (Wildman–Crippen LogP) is 15.6. The van der Waals surface area contributed by atoms with E-state index in [0.29, 0.717) is 11.8 Å². The summed E-state index contributed by atoms with van der Waals surface area (Å²) in [5, 5.41) is 7.60. The minimum Gasteiger partial charge on any atom is -0.306 e. The molecule has 0 amide bonds. The van der Waals surface area contributed by atoms with Gasteiger partial charge in [0.25, 0.3) is 0 Å². The molecule has 0 atom stereocenters. The molecule has 58 heavy (non-hydrogen) atoms. The average molecular weight is 801 g/mol. The molecule has 0 aliphatic carbocycles. The van der Waals surface area contributed by atoms with E-state index < -0.39 is 23.4 Å². The van der Waals surface area contributed by atoms with Gasteiger partial charge in [0.1, 0.15) is 11.6 Å². The van der Waals surface area contributed by atoms with Gasteiger partial charge in [-0.05, 0) is 71.8 Å². The van der Waals surface area contributed by atoms with Crippen molar-refractivity contribution in [2.45, 2.75) is 6.18 Å². The van der Waals surface area contributed by atoms with Gasteiger partial charge in [0.2, 0.25) is 0 Å². The van der Waals surface area contributed by atoms with Gasteiger partial charge in [-0.2, -0.15) is 13.2 Å². The van der Waals surface area contributed by atoms with Gasteiger partial charge in [-0.15, -0.1) is 22.7 Å². The Bertz CT molecular complexity index is 3690. The summed E-state index contributed by atoms with van der Waals surface area (Å²) in [5.41, 5.74) is 2.29. The van der Waals surface area contributed by atoms with Crippen molar-refractivity contribution >= 4 is 107 Å². The van der Waals surface area contributed by atoms with Crippen LogP contribution < -0.4 is 0 Å². The molecule has 0 aliphatic rings. The summed E-state index contributed by atoms with van der Waals surface area (Å²) in [7, 11) is 0. The van der Waals surface area contributed by atoms with E-state index in [0.717, 1.165) is 96.1 Å². The highest BCUT2D eigenvalue weighted by molar-refractivity contribution is 7.26. The SMILES string of the molecule is Fc1cc(F)cc(-c2cc(-n3c4ccccc4c4ccc5sc6ccccc6c5c43)c(-n3c4ccccc4c4ccc5sc6ccccc6c5c43)cc2C(F)(F)F)c1. The number of fused-ring (bicyclic) bond motifs is 14. The maximum atomic E-state index is 15.7. The van der Waals surface area contributed by atoms with Crippen molar-refractivity contribution in [3.8, 4) is 22.5 Å². The van der Waals surface area contributed by atoms with Crippen LogP contribution in [0.5, 0.6) is 0 Å². The van der Waals surface area contributed by atoms with Crippen LogP contribution in [0.4, 0.5) is 22.0 Å². The lowest BCUT2D eigenvalue weighted by Crippen LogP contribution is -2.12. The van der Waals surface area contributed by atoms with Gasteiger partial charge in [0.05, 0.1) is 39.0 Å². The van der Waals surface area contributed by atoms with Crippen LogP contribution in [0.25, 0.3) is 106 Å². The molecule has 0 aliphatic heterocycles. The van der Waals surface area contributed by atoms with Gasteiger partial charge in [-0.25, -0.2) is 8.78 Å². The summed E-state index contributed by atoms with van der Waals surface area (Å²) < 4.78 is 85.3. The highest BCUT2D eigenvalue weighted by atomic mass is 32.1. The molecule has 12 rings (SSSR count). The first-order valence-corrected chi connectivity index (χ1v) is 20.3. The van der Waals surface area contributed by atoms with Gasteiger partial charge < -0.3 is 9.13 Å². The summed E-state index contributed by atoms with van der Waals surface area (Å²) in [5.74, 6) is -1.93. The quantitative estimate of drug-likeness (QED) is 0.158. The lowest BCUT2D eigenvalue weighted by Gasteiger charge is -2.22. The van der Waals surface area contributed by atoms with Crippen molar-refractivity contribution in [2.24, 2.45) is 0 Å². The summed E-state index contributed by atoms with van der Waals surface area (Å²) >= 11 is 3.30. The van der Waals surface area contributed by atoms with E-state index in [9.17, 15) is 8.78 Å². The third kappa shape index (κ3) is 4.68. The zero-order valence-electron chi connectivity index (χ0n) is 30.0. The van der Waals surface area contributed by atoms with Gasteiger partial charge in [-0.3, -0.25) is 0 Å². The molecule has 0 spiro atoms. The van der Waals surface area contributed by atoms with Crippen LogP contribution in [-0.2, 0) is 6.18 Å². The van der Waals surface area contributed by atoms with Crippen LogP contribution in [0.1, 0.15) is 5.56 Å². The second kappa shape index (κ2) is 12.0. The molecule has 0 bridgehead atoms. The zero-order valence-corrected chi connectivity index (χ0v) is 31.7. The number of hydrogen-bond acceptors (Lipinski definition) is 2. The smallest absolute Gasteiger partial charge is 0.306 e. The molecular formula is C49H25F5N2S2. The van der Waals surface area contributed by atoms with E-state index in [-0.39, 0.29) is 16.8 Å². The van der Waals surface area contributed by atoms with E-state index in [1.807, 2.05) is 77.4 Å². The fourth-order valence-electron chi connectivity index (χ4n) is 9.15. The first kappa shape index (κ1) is 33.6. The third-order valence-electron chi connectivity index (χ3n) is 11.4. The Labute approximate surface area is 333 Å². The molecular weight excluding hydrogens is 776 g/mol. The maximum absolute atomic E-state index is 15.7. The third-order valence-corrected chi connectivity index (χ3v) is 13.7. The van der Waals surface area contributed by atoms with Crippen molar-refractivity contribution in [3.63, 3.8) is 0 Å². The number of thiophene rings is 2. The fraction of sp³-hybridized carbons (Fsp3) is 0.0204. The Kier molecular flexibility index (Phi) is 6.94. The summed E-state index contributed by atoms with van der Waals surface area (Å²) in [6.45, 7) is 0. The molecule has 4 heterocycles. The molecule has 4 aromatic heterocycles. The van der Waals surface area contributed by atoms with Gasteiger partial charge in [0, 0.05) is 68.0 Å². The Morgan fingerprint density at radius 1 is 0.414 bits per heavy atom. The van der Waals surface area contributed by atoms with E-state index in [1.54, 1.807) is 22.7 Å². The number of halogens is 5. The number of para-hydroxylation sites is 2. The summed E-state index contributed by atoms with van der Waals surface area (Å²) in [6, 6.07) is 45.5. The minimum absolute atomic E-state index is 0.210. The van der Waals surface area contributed by atoms with E-state index in [4.69, 9.17) is 0 Å². The number of rotatable bonds is 3. The highest BCUT2D eigenvalue weighted by Crippen LogP contribution is 2.49.